The van der Waals surface area contributed by atoms with Crippen molar-refractivity contribution in [3.05, 3.63) is 70.3 Å². The summed E-state index contributed by atoms with van der Waals surface area (Å²) in [6, 6.07) is 15.8. The van der Waals surface area contributed by atoms with Crippen molar-refractivity contribution in [2.45, 2.75) is 27.2 Å². The molecule has 0 saturated heterocycles. The fourth-order valence-corrected chi connectivity index (χ4v) is 4.29. The maximum atomic E-state index is 3.65. The molecule has 112 valence electrons. The van der Waals surface area contributed by atoms with Crippen molar-refractivity contribution in [3.63, 3.8) is 0 Å². The summed E-state index contributed by atoms with van der Waals surface area (Å²) >= 11 is 0. The lowest BCUT2D eigenvalue weighted by Gasteiger charge is -2.09. The third kappa shape index (κ3) is 1.62. The van der Waals surface area contributed by atoms with E-state index in [0.29, 0.717) is 0 Å². The quantitative estimate of drug-likeness (QED) is 0.371. The highest BCUT2D eigenvalue weighted by Gasteiger charge is 2.25. The smallest absolute Gasteiger partial charge is 0.0501 e. The number of H-pyrrole nitrogens is 1. The molecule has 23 heavy (non-hydrogen) atoms. The largest absolute Gasteiger partial charge is 0.354 e. The first-order chi connectivity index (χ1) is 11.1. The van der Waals surface area contributed by atoms with E-state index < -0.39 is 0 Å². The molecule has 0 amide bonds. The van der Waals surface area contributed by atoms with Gasteiger partial charge < -0.3 is 4.98 Å². The number of benzene rings is 3. The molecule has 5 rings (SSSR count). The molecule has 0 fully saturated rings. The second-order valence-electron chi connectivity index (χ2n) is 6.94. The predicted molar refractivity (Wildman–Crippen MR) is 98.3 cm³/mol. The molecule has 1 aliphatic carbocycles. The second-order valence-corrected chi connectivity index (χ2v) is 6.94. The minimum atomic E-state index is 1.06. The summed E-state index contributed by atoms with van der Waals surface area (Å²) in [6.45, 7) is 6.63. The van der Waals surface area contributed by atoms with Crippen LogP contribution in [-0.2, 0) is 6.42 Å². The van der Waals surface area contributed by atoms with Crippen LogP contribution in [0.4, 0.5) is 0 Å². The molecule has 1 aromatic heterocycles. The van der Waals surface area contributed by atoms with Gasteiger partial charge in [0.25, 0.3) is 0 Å². The van der Waals surface area contributed by atoms with E-state index >= 15 is 0 Å². The van der Waals surface area contributed by atoms with Gasteiger partial charge in [-0.05, 0) is 72.7 Å². The monoisotopic (exact) mass is 297 g/mol. The fraction of sp³-hybridized carbons (Fsp3) is 0.182. The summed E-state index contributed by atoms with van der Waals surface area (Å²) in [6.07, 6.45) is 1.06. The number of aryl methyl sites for hydroxylation is 3. The molecular formula is C22H19N. The summed E-state index contributed by atoms with van der Waals surface area (Å²) in [4.78, 5) is 3.65. The van der Waals surface area contributed by atoms with Gasteiger partial charge in [0.1, 0.15) is 0 Å². The van der Waals surface area contributed by atoms with Crippen molar-refractivity contribution >= 4 is 21.8 Å². The van der Waals surface area contributed by atoms with Crippen LogP contribution in [-0.4, -0.2) is 4.98 Å². The van der Waals surface area contributed by atoms with Crippen LogP contribution < -0.4 is 0 Å². The third-order valence-corrected chi connectivity index (χ3v) is 5.30. The van der Waals surface area contributed by atoms with Gasteiger partial charge in [0.05, 0.1) is 5.52 Å². The first kappa shape index (κ1) is 13.0. The van der Waals surface area contributed by atoms with E-state index in [9.17, 15) is 0 Å². The van der Waals surface area contributed by atoms with Crippen LogP contribution in [0.25, 0.3) is 32.9 Å². The van der Waals surface area contributed by atoms with Crippen LogP contribution in [0.15, 0.2) is 42.5 Å². The van der Waals surface area contributed by atoms with E-state index in [-0.39, 0.29) is 0 Å². The molecule has 0 aliphatic heterocycles. The zero-order valence-corrected chi connectivity index (χ0v) is 13.7. The van der Waals surface area contributed by atoms with Gasteiger partial charge >= 0.3 is 0 Å². The zero-order valence-electron chi connectivity index (χ0n) is 13.7. The Morgan fingerprint density at radius 3 is 2.57 bits per heavy atom. The molecule has 0 atom stereocenters. The van der Waals surface area contributed by atoms with Gasteiger partial charge in [-0.15, -0.1) is 0 Å². The van der Waals surface area contributed by atoms with Crippen molar-refractivity contribution in [1.82, 2.24) is 4.98 Å². The first-order valence-electron chi connectivity index (χ1n) is 8.27. The van der Waals surface area contributed by atoms with Gasteiger partial charge in [-0.3, -0.25) is 0 Å². The lowest BCUT2D eigenvalue weighted by Crippen LogP contribution is -1.86. The van der Waals surface area contributed by atoms with Crippen LogP contribution in [0.3, 0.4) is 0 Å². The van der Waals surface area contributed by atoms with Gasteiger partial charge in [-0.1, -0.05) is 35.9 Å². The third-order valence-electron chi connectivity index (χ3n) is 5.30. The maximum absolute atomic E-state index is 3.65. The Balaban J connectivity index is 2.05. The summed E-state index contributed by atoms with van der Waals surface area (Å²) < 4.78 is 0. The fourth-order valence-electron chi connectivity index (χ4n) is 4.29. The van der Waals surface area contributed by atoms with Gasteiger partial charge in [0.2, 0.25) is 0 Å². The number of hydrogen-bond donors (Lipinski definition) is 1. The second kappa shape index (κ2) is 4.26. The summed E-state index contributed by atoms with van der Waals surface area (Å²) in [7, 11) is 0. The van der Waals surface area contributed by atoms with E-state index in [2.05, 4.69) is 68.2 Å². The van der Waals surface area contributed by atoms with E-state index in [4.69, 9.17) is 0 Å². The molecule has 0 saturated carbocycles. The molecule has 0 spiro atoms. The Kier molecular flexibility index (Phi) is 2.40. The summed E-state index contributed by atoms with van der Waals surface area (Å²) in [5, 5.41) is 2.77. The lowest BCUT2D eigenvalue weighted by atomic mass is 9.94. The Hall–Kier alpha value is -2.54. The van der Waals surface area contributed by atoms with E-state index in [0.717, 1.165) is 6.42 Å². The highest BCUT2D eigenvalue weighted by Crippen LogP contribution is 2.46. The number of fused-ring (bicyclic) bond motifs is 7. The molecule has 1 N–H and O–H groups in total. The average Bonchev–Trinajstić information content (AvgIpc) is 3.06. The Morgan fingerprint density at radius 2 is 1.70 bits per heavy atom. The van der Waals surface area contributed by atoms with Crippen LogP contribution in [0.5, 0.6) is 0 Å². The molecule has 1 aliphatic rings. The molecule has 0 bridgehead atoms. The van der Waals surface area contributed by atoms with Crippen molar-refractivity contribution in [3.8, 4) is 11.1 Å². The van der Waals surface area contributed by atoms with Gasteiger partial charge in [0, 0.05) is 16.3 Å². The molecule has 4 aromatic rings. The van der Waals surface area contributed by atoms with Crippen LogP contribution in [0, 0.1) is 20.8 Å². The van der Waals surface area contributed by atoms with E-state index in [1.807, 2.05) is 0 Å². The van der Waals surface area contributed by atoms with E-state index in [1.54, 1.807) is 0 Å². The Bertz CT molecular complexity index is 1110. The molecule has 0 radical (unpaired) electrons. The molecule has 0 unspecified atom stereocenters. The average molecular weight is 297 g/mol. The molecule has 1 heterocycles. The minimum Gasteiger partial charge on any atom is -0.354 e. The first-order valence-corrected chi connectivity index (χ1v) is 8.27. The molecule has 3 aromatic carbocycles. The zero-order chi connectivity index (χ0) is 15.7. The van der Waals surface area contributed by atoms with Gasteiger partial charge in [-0.2, -0.15) is 0 Å². The predicted octanol–water partition coefficient (Wildman–Crippen LogP) is 5.82. The number of rotatable bonds is 0. The number of nitrogens with one attached hydrogen (secondary N) is 1. The molecular weight excluding hydrogens is 278 g/mol. The normalized spacial score (nSPS) is 12.8. The summed E-state index contributed by atoms with van der Waals surface area (Å²) in [5.74, 6) is 0. The highest BCUT2D eigenvalue weighted by atomic mass is 14.7. The van der Waals surface area contributed by atoms with Crippen LogP contribution >= 0.6 is 0 Å². The van der Waals surface area contributed by atoms with Gasteiger partial charge in [-0.25, -0.2) is 0 Å². The standard InChI is InChI=1S/C22H19N/c1-12-7-8-18-17(9-12)21-20-16(10-14(3)22(21)23-18)11-15-6-4-5-13(2)19(15)20/h4-10,23H,11H2,1-3H3. The topological polar surface area (TPSA) is 15.8 Å². The van der Waals surface area contributed by atoms with Crippen molar-refractivity contribution < 1.29 is 0 Å². The van der Waals surface area contributed by atoms with Crippen LogP contribution in [0.2, 0.25) is 0 Å². The molecule has 1 nitrogen and oxygen atoms in total. The highest BCUT2D eigenvalue weighted by molar-refractivity contribution is 6.17. The number of aromatic amines is 1. The number of hydrogen-bond acceptors (Lipinski definition) is 0. The number of aromatic nitrogens is 1. The van der Waals surface area contributed by atoms with Crippen LogP contribution in [0.1, 0.15) is 27.8 Å². The van der Waals surface area contributed by atoms with Gasteiger partial charge in [0.15, 0.2) is 0 Å². The van der Waals surface area contributed by atoms with Crippen molar-refractivity contribution in [2.75, 3.05) is 0 Å². The lowest BCUT2D eigenvalue weighted by molar-refractivity contribution is 1.25. The SMILES string of the molecule is Cc1ccc2[nH]c3c(C)cc4c(c3c2c1)-c1c(C)cccc1C4. The Labute approximate surface area is 136 Å². The minimum absolute atomic E-state index is 1.06. The maximum Gasteiger partial charge on any atom is 0.0501 e. The molecule has 1 heteroatoms. The van der Waals surface area contributed by atoms with Crippen molar-refractivity contribution in [2.24, 2.45) is 0 Å². The summed E-state index contributed by atoms with van der Waals surface area (Å²) in [5.41, 5.74) is 12.4. The Morgan fingerprint density at radius 1 is 0.826 bits per heavy atom. The van der Waals surface area contributed by atoms with E-state index in [1.165, 1.54) is 60.8 Å². The van der Waals surface area contributed by atoms with Crippen molar-refractivity contribution in [1.29, 1.82) is 0 Å².